The van der Waals surface area contributed by atoms with Crippen molar-refractivity contribution in [2.75, 3.05) is 0 Å². The summed E-state index contributed by atoms with van der Waals surface area (Å²) in [5.74, 6) is -0.858. The van der Waals surface area contributed by atoms with Gasteiger partial charge in [-0.15, -0.1) is 0 Å². The molecular weight excluding hydrogens is 318 g/mol. The summed E-state index contributed by atoms with van der Waals surface area (Å²) < 4.78 is 6.16. The highest BCUT2D eigenvalue weighted by molar-refractivity contribution is 9.10. The van der Waals surface area contributed by atoms with Crippen molar-refractivity contribution in [2.45, 2.75) is 31.3 Å². The Kier molecular flexibility index (Phi) is 3.75. The van der Waals surface area contributed by atoms with E-state index in [0.717, 1.165) is 6.42 Å². The summed E-state index contributed by atoms with van der Waals surface area (Å²) in [6.07, 6.45) is 1.91. The molecule has 7 heteroatoms. The van der Waals surface area contributed by atoms with Gasteiger partial charge in [-0.2, -0.15) is 0 Å². The van der Waals surface area contributed by atoms with E-state index in [1.54, 1.807) is 12.1 Å². The highest BCUT2D eigenvalue weighted by Gasteiger charge is 2.43. The number of halogens is 1. The van der Waals surface area contributed by atoms with Gasteiger partial charge in [0.25, 0.3) is 0 Å². The minimum atomic E-state index is -0.964. The molecule has 0 heterocycles. The molecule has 2 rings (SSSR count). The molecule has 1 aromatic rings. The highest BCUT2D eigenvalue weighted by atomic mass is 79.9. The standard InChI is InChI=1S/C12H12BrNO5/c13-8-3-1-4-9(14(17)18)11(8)19-12(5-2-6-12)7-10(15)16/h1,3-4H,2,5-7H2,(H,15,16). The number of ether oxygens (including phenoxy) is 1. The number of carboxylic acid groups (broad SMARTS) is 1. The number of benzene rings is 1. The maximum Gasteiger partial charge on any atom is 0.312 e. The molecule has 0 aromatic heterocycles. The minimum absolute atomic E-state index is 0.105. The number of carbonyl (C=O) groups is 1. The van der Waals surface area contributed by atoms with E-state index in [1.807, 2.05) is 0 Å². The first-order valence-electron chi connectivity index (χ1n) is 5.77. The van der Waals surface area contributed by atoms with Crippen LogP contribution in [0.2, 0.25) is 0 Å². The molecule has 0 bridgehead atoms. The van der Waals surface area contributed by atoms with Gasteiger partial charge in [-0.05, 0) is 41.3 Å². The molecule has 0 amide bonds. The lowest BCUT2D eigenvalue weighted by molar-refractivity contribution is -0.386. The molecular formula is C12H12BrNO5. The van der Waals surface area contributed by atoms with Crippen LogP contribution in [0.1, 0.15) is 25.7 Å². The van der Waals surface area contributed by atoms with Crippen molar-refractivity contribution >= 4 is 27.6 Å². The Morgan fingerprint density at radius 2 is 2.21 bits per heavy atom. The van der Waals surface area contributed by atoms with Crippen LogP contribution in [0.4, 0.5) is 5.69 Å². The summed E-state index contributed by atoms with van der Waals surface area (Å²) in [4.78, 5) is 21.3. The van der Waals surface area contributed by atoms with Crippen LogP contribution < -0.4 is 4.74 Å². The van der Waals surface area contributed by atoms with Crippen molar-refractivity contribution in [2.24, 2.45) is 0 Å². The fourth-order valence-electron chi connectivity index (χ4n) is 2.12. The van der Waals surface area contributed by atoms with Crippen molar-refractivity contribution in [3.8, 4) is 5.75 Å². The quantitative estimate of drug-likeness (QED) is 0.662. The number of carboxylic acids is 1. The number of hydrogen-bond acceptors (Lipinski definition) is 4. The number of para-hydroxylation sites is 1. The largest absolute Gasteiger partial charge is 0.481 e. The summed E-state index contributed by atoms with van der Waals surface area (Å²) in [7, 11) is 0. The first-order valence-corrected chi connectivity index (χ1v) is 6.56. The van der Waals surface area contributed by atoms with E-state index < -0.39 is 16.5 Å². The Morgan fingerprint density at radius 3 is 2.68 bits per heavy atom. The number of nitro benzene ring substituents is 1. The fourth-order valence-corrected chi connectivity index (χ4v) is 2.56. The van der Waals surface area contributed by atoms with Crippen LogP contribution in [0.5, 0.6) is 5.75 Å². The lowest BCUT2D eigenvalue weighted by Crippen LogP contribution is -2.45. The second-order valence-corrected chi connectivity index (χ2v) is 5.41. The molecule has 1 aliphatic carbocycles. The summed E-state index contributed by atoms with van der Waals surface area (Å²) in [5, 5.41) is 19.9. The zero-order valence-electron chi connectivity index (χ0n) is 9.97. The molecule has 1 fully saturated rings. The second-order valence-electron chi connectivity index (χ2n) is 4.55. The number of nitrogens with zero attached hydrogens (tertiary/aromatic N) is 1. The zero-order chi connectivity index (χ0) is 14.0. The van der Waals surface area contributed by atoms with Crippen LogP contribution in [0.15, 0.2) is 22.7 Å². The Hall–Kier alpha value is -1.63. The molecule has 1 aliphatic rings. The van der Waals surface area contributed by atoms with E-state index in [9.17, 15) is 14.9 Å². The van der Waals surface area contributed by atoms with E-state index in [2.05, 4.69) is 15.9 Å². The van der Waals surface area contributed by atoms with Gasteiger partial charge in [0, 0.05) is 6.07 Å². The third kappa shape index (κ3) is 2.86. The first-order chi connectivity index (χ1) is 8.93. The molecule has 6 nitrogen and oxygen atoms in total. The van der Waals surface area contributed by atoms with Crippen LogP contribution in [-0.2, 0) is 4.79 Å². The van der Waals surface area contributed by atoms with E-state index >= 15 is 0 Å². The molecule has 0 unspecified atom stereocenters. The Balaban J connectivity index is 2.32. The SMILES string of the molecule is O=C(O)CC1(Oc2c(Br)cccc2[N+](=O)[O-])CCC1. The average molecular weight is 330 g/mol. The summed E-state index contributed by atoms with van der Waals surface area (Å²) in [5.41, 5.74) is -0.980. The van der Waals surface area contributed by atoms with Crippen LogP contribution >= 0.6 is 15.9 Å². The van der Waals surface area contributed by atoms with E-state index in [-0.39, 0.29) is 17.9 Å². The van der Waals surface area contributed by atoms with Crippen LogP contribution in [0.3, 0.4) is 0 Å². The summed E-state index contributed by atoms with van der Waals surface area (Å²) in [6, 6.07) is 4.52. The van der Waals surface area contributed by atoms with Gasteiger partial charge < -0.3 is 9.84 Å². The molecule has 1 N–H and O–H groups in total. The third-order valence-electron chi connectivity index (χ3n) is 3.20. The molecule has 0 radical (unpaired) electrons. The molecule has 102 valence electrons. The van der Waals surface area contributed by atoms with E-state index in [4.69, 9.17) is 9.84 Å². The predicted octanol–water partition coefficient (Wildman–Crippen LogP) is 3.13. The zero-order valence-corrected chi connectivity index (χ0v) is 11.6. The summed E-state index contributed by atoms with van der Waals surface area (Å²) >= 11 is 3.21. The van der Waals surface area contributed by atoms with Crippen molar-refractivity contribution < 1.29 is 19.6 Å². The van der Waals surface area contributed by atoms with Crippen LogP contribution in [-0.4, -0.2) is 21.6 Å². The molecule has 0 spiro atoms. The first kappa shape index (κ1) is 13.8. The smallest absolute Gasteiger partial charge is 0.312 e. The molecule has 19 heavy (non-hydrogen) atoms. The molecule has 1 aromatic carbocycles. The van der Waals surface area contributed by atoms with Crippen molar-refractivity contribution in [3.63, 3.8) is 0 Å². The molecule has 0 atom stereocenters. The Morgan fingerprint density at radius 1 is 1.53 bits per heavy atom. The number of nitro groups is 1. The third-order valence-corrected chi connectivity index (χ3v) is 3.82. The maximum absolute atomic E-state index is 11.0. The Labute approximate surface area is 117 Å². The fraction of sp³-hybridized carbons (Fsp3) is 0.417. The van der Waals surface area contributed by atoms with Gasteiger partial charge in [-0.1, -0.05) is 6.07 Å². The van der Waals surface area contributed by atoms with E-state index in [1.165, 1.54) is 6.07 Å². The topological polar surface area (TPSA) is 89.7 Å². The maximum atomic E-state index is 11.0. The van der Waals surface area contributed by atoms with Gasteiger partial charge in [0.2, 0.25) is 5.75 Å². The van der Waals surface area contributed by atoms with Gasteiger partial charge in [0.1, 0.15) is 5.60 Å². The predicted molar refractivity (Wildman–Crippen MR) is 70.3 cm³/mol. The van der Waals surface area contributed by atoms with Crippen molar-refractivity contribution in [3.05, 3.63) is 32.8 Å². The highest BCUT2D eigenvalue weighted by Crippen LogP contribution is 2.44. The Bertz CT molecular complexity index is 527. The lowest BCUT2D eigenvalue weighted by atomic mass is 9.77. The van der Waals surface area contributed by atoms with Gasteiger partial charge >= 0.3 is 11.7 Å². The van der Waals surface area contributed by atoms with E-state index in [0.29, 0.717) is 17.3 Å². The van der Waals surface area contributed by atoms with Gasteiger partial charge in [0.05, 0.1) is 15.8 Å². The monoisotopic (exact) mass is 329 g/mol. The second kappa shape index (κ2) is 5.16. The average Bonchev–Trinajstić information content (AvgIpc) is 2.27. The normalized spacial score (nSPS) is 16.5. The molecule has 0 saturated heterocycles. The molecule has 1 saturated carbocycles. The van der Waals surface area contributed by atoms with Crippen molar-refractivity contribution in [1.29, 1.82) is 0 Å². The van der Waals surface area contributed by atoms with Crippen molar-refractivity contribution in [1.82, 2.24) is 0 Å². The van der Waals surface area contributed by atoms with Gasteiger partial charge in [-0.3, -0.25) is 14.9 Å². The molecule has 0 aliphatic heterocycles. The number of aliphatic carboxylic acids is 1. The lowest BCUT2D eigenvalue weighted by Gasteiger charge is -2.40. The van der Waals surface area contributed by atoms with Gasteiger partial charge in [-0.25, -0.2) is 0 Å². The number of rotatable bonds is 5. The van der Waals surface area contributed by atoms with Gasteiger partial charge in [0.15, 0.2) is 0 Å². The van der Waals surface area contributed by atoms with Crippen LogP contribution in [0.25, 0.3) is 0 Å². The van der Waals surface area contributed by atoms with Crippen LogP contribution in [0, 0.1) is 10.1 Å². The number of hydrogen-bond donors (Lipinski definition) is 1. The summed E-state index contributed by atoms with van der Waals surface area (Å²) in [6.45, 7) is 0. The minimum Gasteiger partial charge on any atom is -0.481 e.